The maximum Gasteiger partial charge on any atom is 0.328 e. The number of nitrogens with two attached hydrogens (primary N) is 1. The number of halogens is 2. The van der Waals surface area contributed by atoms with Crippen molar-refractivity contribution in [1.29, 1.82) is 0 Å². The molecule has 1 aliphatic rings. The zero-order valence-corrected chi connectivity index (χ0v) is 8.13. The van der Waals surface area contributed by atoms with E-state index in [-0.39, 0.29) is 0 Å². The second-order valence-electron chi connectivity index (χ2n) is 3.66. The molecule has 0 saturated heterocycles. The van der Waals surface area contributed by atoms with Gasteiger partial charge in [-0.15, -0.1) is 0 Å². The number of carbonyl (C=O) groups excluding carboxylic acids is 1. The molecule has 0 amide bonds. The molecule has 0 aromatic rings. The second kappa shape index (κ2) is 4.21. The first-order valence-corrected chi connectivity index (χ1v) is 4.71. The van der Waals surface area contributed by atoms with Gasteiger partial charge >= 0.3 is 5.97 Å². The van der Waals surface area contributed by atoms with E-state index in [1.54, 1.807) is 0 Å². The molecule has 0 bridgehead atoms. The van der Waals surface area contributed by atoms with Crippen LogP contribution in [-0.4, -0.2) is 25.0 Å². The SMILES string of the molecule is COC(=O)C(N)C(F)(F)C1CCCC1. The highest BCUT2D eigenvalue weighted by Crippen LogP contribution is 2.39. The number of carbonyl (C=O) groups is 1. The van der Waals surface area contributed by atoms with Crippen molar-refractivity contribution >= 4 is 5.97 Å². The van der Waals surface area contributed by atoms with E-state index in [1.165, 1.54) is 0 Å². The molecule has 14 heavy (non-hydrogen) atoms. The average molecular weight is 207 g/mol. The van der Waals surface area contributed by atoms with Gasteiger partial charge in [-0.25, -0.2) is 8.78 Å². The van der Waals surface area contributed by atoms with E-state index in [2.05, 4.69) is 4.74 Å². The van der Waals surface area contributed by atoms with Crippen LogP contribution in [0.2, 0.25) is 0 Å². The maximum atomic E-state index is 13.5. The minimum absolute atomic E-state index is 0.442. The van der Waals surface area contributed by atoms with Gasteiger partial charge in [0.1, 0.15) is 0 Å². The average Bonchev–Trinajstić information content (AvgIpc) is 2.68. The summed E-state index contributed by atoms with van der Waals surface area (Å²) in [5.74, 6) is -4.94. The number of hydrogen-bond acceptors (Lipinski definition) is 3. The first kappa shape index (κ1) is 11.4. The van der Waals surface area contributed by atoms with Crippen LogP contribution in [0.3, 0.4) is 0 Å². The summed E-state index contributed by atoms with van der Waals surface area (Å²) in [5, 5.41) is 0. The monoisotopic (exact) mass is 207 g/mol. The molecule has 1 aliphatic carbocycles. The second-order valence-corrected chi connectivity index (χ2v) is 3.66. The minimum atomic E-state index is -3.14. The smallest absolute Gasteiger partial charge is 0.328 e. The Kier molecular flexibility index (Phi) is 3.42. The standard InChI is InChI=1S/C9H15F2NO2/c1-14-8(13)7(12)9(10,11)6-4-2-3-5-6/h6-7H,2-5,12H2,1H3. The quantitative estimate of drug-likeness (QED) is 0.710. The molecule has 1 saturated carbocycles. The molecule has 1 unspecified atom stereocenters. The highest BCUT2D eigenvalue weighted by atomic mass is 19.3. The predicted molar refractivity (Wildman–Crippen MR) is 46.9 cm³/mol. The van der Waals surface area contributed by atoms with Crippen LogP contribution in [0, 0.1) is 5.92 Å². The summed E-state index contributed by atoms with van der Waals surface area (Å²) in [5.41, 5.74) is 5.16. The molecule has 2 N–H and O–H groups in total. The maximum absolute atomic E-state index is 13.5. The Morgan fingerprint density at radius 1 is 1.50 bits per heavy atom. The number of rotatable bonds is 3. The van der Waals surface area contributed by atoms with Gasteiger partial charge in [0.05, 0.1) is 7.11 Å². The Morgan fingerprint density at radius 3 is 2.43 bits per heavy atom. The fourth-order valence-corrected chi connectivity index (χ4v) is 1.85. The van der Waals surface area contributed by atoms with Gasteiger partial charge in [-0.05, 0) is 12.8 Å². The molecule has 0 spiro atoms. The van der Waals surface area contributed by atoms with Crippen LogP contribution in [0.15, 0.2) is 0 Å². The fourth-order valence-electron chi connectivity index (χ4n) is 1.85. The zero-order chi connectivity index (χ0) is 10.8. The van der Waals surface area contributed by atoms with Crippen LogP contribution >= 0.6 is 0 Å². The number of alkyl halides is 2. The van der Waals surface area contributed by atoms with Gasteiger partial charge in [0.15, 0.2) is 6.04 Å². The lowest BCUT2D eigenvalue weighted by Crippen LogP contribution is -2.51. The van der Waals surface area contributed by atoms with Gasteiger partial charge in [-0.3, -0.25) is 4.79 Å². The Hall–Kier alpha value is -0.710. The summed E-state index contributed by atoms with van der Waals surface area (Å²) in [6.07, 6.45) is 2.46. The lowest BCUT2D eigenvalue weighted by atomic mass is 9.94. The van der Waals surface area contributed by atoms with Crippen LogP contribution in [0.4, 0.5) is 8.78 Å². The highest BCUT2D eigenvalue weighted by molar-refractivity contribution is 5.76. The largest absolute Gasteiger partial charge is 0.468 e. The summed E-state index contributed by atoms with van der Waals surface area (Å²) < 4.78 is 31.3. The number of ether oxygens (including phenoxy) is 1. The van der Waals surface area contributed by atoms with Crippen molar-refractivity contribution in [3.05, 3.63) is 0 Å². The van der Waals surface area contributed by atoms with Crippen molar-refractivity contribution in [3.8, 4) is 0 Å². The molecule has 0 aromatic heterocycles. The van der Waals surface area contributed by atoms with E-state index >= 15 is 0 Å². The first-order chi connectivity index (χ1) is 6.50. The summed E-state index contributed by atoms with van der Waals surface area (Å²) in [6, 6.07) is -1.82. The van der Waals surface area contributed by atoms with Crippen LogP contribution in [0.25, 0.3) is 0 Å². The van der Waals surface area contributed by atoms with Crippen molar-refractivity contribution in [1.82, 2.24) is 0 Å². The Balaban J connectivity index is 2.66. The normalized spacial score (nSPS) is 20.9. The van der Waals surface area contributed by atoms with Crippen LogP contribution in [0.5, 0.6) is 0 Å². The fraction of sp³-hybridized carbons (Fsp3) is 0.889. The highest BCUT2D eigenvalue weighted by Gasteiger charge is 2.49. The molecule has 3 nitrogen and oxygen atoms in total. The number of hydrogen-bond donors (Lipinski definition) is 1. The summed E-state index contributed by atoms with van der Waals surface area (Å²) in [6.45, 7) is 0. The molecule has 1 atom stereocenters. The van der Waals surface area contributed by atoms with Gasteiger partial charge in [0, 0.05) is 5.92 Å². The van der Waals surface area contributed by atoms with Crippen molar-refractivity contribution in [3.63, 3.8) is 0 Å². The lowest BCUT2D eigenvalue weighted by molar-refractivity contribution is -0.157. The molecule has 0 radical (unpaired) electrons. The molecular weight excluding hydrogens is 192 g/mol. The predicted octanol–water partition coefficient (Wildman–Crippen LogP) is 1.31. The van der Waals surface area contributed by atoms with E-state index in [0.29, 0.717) is 12.8 Å². The van der Waals surface area contributed by atoms with E-state index in [1.807, 2.05) is 0 Å². The Morgan fingerprint density at radius 2 is 2.00 bits per heavy atom. The van der Waals surface area contributed by atoms with Crippen molar-refractivity contribution in [2.75, 3.05) is 7.11 Å². The summed E-state index contributed by atoms with van der Waals surface area (Å²) in [7, 11) is 1.06. The number of methoxy groups -OCH3 is 1. The third-order valence-corrected chi connectivity index (χ3v) is 2.77. The van der Waals surface area contributed by atoms with Crippen LogP contribution in [-0.2, 0) is 9.53 Å². The summed E-state index contributed by atoms with van der Waals surface area (Å²) in [4.78, 5) is 10.9. The molecule has 0 aromatic carbocycles. The van der Waals surface area contributed by atoms with Gasteiger partial charge < -0.3 is 10.5 Å². The van der Waals surface area contributed by atoms with Crippen molar-refractivity contribution in [2.45, 2.75) is 37.6 Å². The molecule has 0 heterocycles. The van der Waals surface area contributed by atoms with E-state index in [9.17, 15) is 13.6 Å². The Labute approximate surface area is 81.6 Å². The van der Waals surface area contributed by atoms with Crippen LogP contribution < -0.4 is 5.73 Å². The minimum Gasteiger partial charge on any atom is -0.468 e. The molecule has 0 aliphatic heterocycles. The van der Waals surface area contributed by atoms with Crippen molar-refractivity contribution in [2.24, 2.45) is 11.7 Å². The zero-order valence-electron chi connectivity index (χ0n) is 8.13. The molecule has 82 valence electrons. The van der Waals surface area contributed by atoms with Gasteiger partial charge in [-0.2, -0.15) is 0 Å². The van der Waals surface area contributed by atoms with Crippen molar-refractivity contribution < 1.29 is 18.3 Å². The van der Waals surface area contributed by atoms with Gasteiger partial charge in [-0.1, -0.05) is 12.8 Å². The van der Waals surface area contributed by atoms with Crippen LogP contribution in [0.1, 0.15) is 25.7 Å². The first-order valence-electron chi connectivity index (χ1n) is 4.71. The third-order valence-electron chi connectivity index (χ3n) is 2.77. The van der Waals surface area contributed by atoms with E-state index in [0.717, 1.165) is 20.0 Å². The topological polar surface area (TPSA) is 52.3 Å². The Bertz CT molecular complexity index is 215. The molecule has 1 rings (SSSR count). The van der Waals surface area contributed by atoms with Gasteiger partial charge in [0.2, 0.25) is 0 Å². The summed E-state index contributed by atoms with van der Waals surface area (Å²) >= 11 is 0. The van der Waals surface area contributed by atoms with Gasteiger partial charge in [0.25, 0.3) is 5.92 Å². The molecular formula is C9H15F2NO2. The lowest BCUT2D eigenvalue weighted by Gasteiger charge is -2.26. The van der Waals surface area contributed by atoms with E-state index in [4.69, 9.17) is 5.73 Å². The molecule has 1 fully saturated rings. The number of esters is 1. The third kappa shape index (κ3) is 2.03. The van der Waals surface area contributed by atoms with E-state index < -0.39 is 23.9 Å². The molecule has 5 heteroatoms.